The van der Waals surface area contributed by atoms with Gasteiger partial charge in [0.15, 0.2) is 0 Å². The number of aliphatic carboxylic acids is 1. The van der Waals surface area contributed by atoms with Gasteiger partial charge in [-0.15, -0.1) is 0 Å². The fourth-order valence-corrected chi connectivity index (χ4v) is 1.62. The Labute approximate surface area is 101 Å². The van der Waals surface area contributed by atoms with E-state index in [0.29, 0.717) is 13.1 Å². The zero-order chi connectivity index (χ0) is 12.9. The maximum atomic E-state index is 12.7. The summed E-state index contributed by atoms with van der Waals surface area (Å²) in [6.07, 6.45) is 0.128. The van der Waals surface area contributed by atoms with Crippen LogP contribution < -0.4 is 5.32 Å². The molecular weight excluding hydrogens is 221 g/mol. The molecule has 94 valence electrons. The zero-order valence-electron chi connectivity index (χ0n) is 10.2. The smallest absolute Gasteiger partial charge is 0.303 e. The van der Waals surface area contributed by atoms with Crippen molar-refractivity contribution in [3.8, 4) is 0 Å². The topological polar surface area (TPSA) is 49.3 Å². The summed E-state index contributed by atoms with van der Waals surface area (Å²) in [5.41, 5.74) is 0.698. The monoisotopic (exact) mass is 239 g/mol. The third kappa shape index (κ3) is 5.45. The lowest BCUT2D eigenvalue weighted by Gasteiger charge is -2.22. The van der Waals surface area contributed by atoms with E-state index in [1.165, 1.54) is 12.1 Å². The van der Waals surface area contributed by atoms with E-state index in [9.17, 15) is 9.18 Å². The minimum atomic E-state index is -0.793. The van der Waals surface area contributed by atoms with Crippen LogP contribution in [0.1, 0.15) is 25.8 Å². The Morgan fingerprint density at radius 3 is 2.47 bits per heavy atom. The highest BCUT2D eigenvalue weighted by molar-refractivity contribution is 5.67. The highest BCUT2D eigenvalue weighted by Gasteiger charge is 2.20. The van der Waals surface area contributed by atoms with E-state index in [-0.39, 0.29) is 17.7 Å². The number of carboxylic acids is 1. The van der Waals surface area contributed by atoms with Crippen LogP contribution in [0.25, 0.3) is 0 Å². The Hall–Kier alpha value is -1.42. The van der Waals surface area contributed by atoms with Crippen LogP contribution >= 0.6 is 0 Å². The number of rotatable bonds is 6. The minimum absolute atomic E-state index is 0.128. The Morgan fingerprint density at radius 2 is 1.94 bits per heavy atom. The second-order valence-electron chi connectivity index (χ2n) is 4.96. The Morgan fingerprint density at radius 1 is 1.35 bits per heavy atom. The molecule has 0 bridgehead atoms. The van der Waals surface area contributed by atoms with Gasteiger partial charge in [0.25, 0.3) is 0 Å². The molecule has 0 aliphatic heterocycles. The van der Waals surface area contributed by atoms with Crippen molar-refractivity contribution in [2.75, 3.05) is 6.54 Å². The van der Waals surface area contributed by atoms with Crippen LogP contribution in [0.2, 0.25) is 0 Å². The Bertz CT molecular complexity index is 374. The molecule has 0 aliphatic rings. The lowest BCUT2D eigenvalue weighted by atomic mass is 9.89. The molecule has 0 unspecified atom stereocenters. The van der Waals surface area contributed by atoms with E-state index in [1.54, 1.807) is 12.1 Å². The summed E-state index contributed by atoms with van der Waals surface area (Å²) in [6.45, 7) is 5.03. The van der Waals surface area contributed by atoms with Gasteiger partial charge in [0.05, 0.1) is 6.42 Å². The van der Waals surface area contributed by atoms with Gasteiger partial charge in [-0.3, -0.25) is 4.79 Å². The van der Waals surface area contributed by atoms with Gasteiger partial charge < -0.3 is 10.4 Å². The highest BCUT2D eigenvalue weighted by Crippen LogP contribution is 2.18. The Balaban J connectivity index is 2.37. The summed E-state index contributed by atoms with van der Waals surface area (Å²) in [4.78, 5) is 10.6. The van der Waals surface area contributed by atoms with Crippen LogP contribution in [0.3, 0.4) is 0 Å². The molecule has 4 heteroatoms. The van der Waals surface area contributed by atoms with Crippen LogP contribution in [0, 0.1) is 11.2 Å². The van der Waals surface area contributed by atoms with Gasteiger partial charge >= 0.3 is 5.97 Å². The molecule has 0 atom stereocenters. The molecular formula is C13H18FNO2. The zero-order valence-corrected chi connectivity index (χ0v) is 10.2. The van der Waals surface area contributed by atoms with Gasteiger partial charge in [-0.2, -0.15) is 0 Å². The van der Waals surface area contributed by atoms with E-state index < -0.39 is 5.97 Å². The van der Waals surface area contributed by atoms with Crippen molar-refractivity contribution in [3.63, 3.8) is 0 Å². The molecule has 2 N–H and O–H groups in total. The number of hydrogen-bond acceptors (Lipinski definition) is 2. The second kappa shape index (κ2) is 5.77. The molecule has 0 spiro atoms. The fourth-order valence-electron chi connectivity index (χ4n) is 1.62. The molecule has 17 heavy (non-hydrogen) atoms. The summed E-state index contributed by atoms with van der Waals surface area (Å²) in [6, 6.07) is 6.26. The average Bonchev–Trinajstić information content (AvgIpc) is 2.18. The van der Waals surface area contributed by atoms with Crippen molar-refractivity contribution in [3.05, 3.63) is 35.6 Å². The van der Waals surface area contributed by atoms with Crippen molar-refractivity contribution in [2.45, 2.75) is 26.8 Å². The first-order valence-electron chi connectivity index (χ1n) is 5.56. The van der Waals surface area contributed by atoms with E-state index in [1.807, 2.05) is 13.8 Å². The summed E-state index contributed by atoms with van der Waals surface area (Å²) >= 11 is 0. The molecule has 1 aromatic rings. The van der Waals surface area contributed by atoms with E-state index in [2.05, 4.69) is 5.32 Å². The van der Waals surface area contributed by atoms with Gasteiger partial charge in [-0.1, -0.05) is 26.0 Å². The van der Waals surface area contributed by atoms with Crippen molar-refractivity contribution in [1.29, 1.82) is 0 Å². The van der Waals surface area contributed by atoms with Gasteiger partial charge in [-0.05, 0) is 23.1 Å². The predicted molar refractivity (Wildman–Crippen MR) is 64.1 cm³/mol. The molecule has 0 radical (unpaired) electrons. The first kappa shape index (κ1) is 13.6. The normalized spacial score (nSPS) is 11.5. The average molecular weight is 239 g/mol. The first-order valence-corrected chi connectivity index (χ1v) is 5.56. The van der Waals surface area contributed by atoms with Crippen molar-refractivity contribution < 1.29 is 14.3 Å². The SMILES string of the molecule is CC(C)(CNCc1ccc(F)cc1)CC(=O)O. The lowest BCUT2D eigenvalue weighted by molar-refractivity contribution is -0.139. The molecule has 0 saturated carbocycles. The van der Waals surface area contributed by atoms with Gasteiger partial charge in [-0.25, -0.2) is 4.39 Å². The molecule has 0 aliphatic carbocycles. The maximum absolute atomic E-state index is 12.7. The molecule has 0 amide bonds. The van der Waals surface area contributed by atoms with E-state index in [4.69, 9.17) is 5.11 Å². The highest BCUT2D eigenvalue weighted by atomic mass is 19.1. The van der Waals surface area contributed by atoms with Crippen molar-refractivity contribution in [2.24, 2.45) is 5.41 Å². The molecule has 0 fully saturated rings. The number of carbonyl (C=O) groups is 1. The van der Waals surface area contributed by atoms with Crippen molar-refractivity contribution >= 4 is 5.97 Å². The van der Waals surface area contributed by atoms with Crippen LogP contribution in [0.15, 0.2) is 24.3 Å². The van der Waals surface area contributed by atoms with Gasteiger partial charge in [0, 0.05) is 13.1 Å². The molecule has 1 rings (SSSR count). The summed E-state index contributed by atoms with van der Waals surface area (Å²) in [5, 5.41) is 11.9. The largest absolute Gasteiger partial charge is 0.481 e. The fraction of sp³-hybridized carbons (Fsp3) is 0.462. The number of halogens is 1. The van der Waals surface area contributed by atoms with Crippen LogP contribution in [-0.2, 0) is 11.3 Å². The van der Waals surface area contributed by atoms with Crippen LogP contribution in [0.4, 0.5) is 4.39 Å². The molecule has 1 aromatic carbocycles. The van der Waals surface area contributed by atoms with Gasteiger partial charge in [0.2, 0.25) is 0 Å². The lowest BCUT2D eigenvalue weighted by Crippen LogP contribution is -2.31. The van der Waals surface area contributed by atoms with Crippen molar-refractivity contribution in [1.82, 2.24) is 5.32 Å². The third-order valence-corrected chi connectivity index (χ3v) is 2.48. The Kier molecular flexibility index (Phi) is 4.63. The molecule has 0 saturated heterocycles. The number of nitrogens with one attached hydrogen (secondary N) is 1. The summed E-state index contributed by atoms with van der Waals surface area (Å²) in [7, 11) is 0. The van der Waals surface area contributed by atoms with E-state index >= 15 is 0 Å². The molecule has 0 heterocycles. The quantitative estimate of drug-likeness (QED) is 0.801. The number of hydrogen-bond donors (Lipinski definition) is 2. The number of benzene rings is 1. The van der Waals surface area contributed by atoms with Crippen LogP contribution in [-0.4, -0.2) is 17.6 Å². The summed E-state index contributed by atoms with van der Waals surface area (Å²) < 4.78 is 12.7. The maximum Gasteiger partial charge on any atom is 0.303 e. The standard InChI is InChI=1S/C13H18FNO2/c1-13(2,7-12(16)17)9-15-8-10-3-5-11(14)6-4-10/h3-6,15H,7-9H2,1-2H3,(H,16,17). The predicted octanol–water partition coefficient (Wildman–Crippen LogP) is 2.42. The second-order valence-corrected chi connectivity index (χ2v) is 4.96. The third-order valence-electron chi connectivity index (χ3n) is 2.48. The van der Waals surface area contributed by atoms with Gasteiger partial charge in [0.1, 0.15) is 5.82 Å². The van der Waals surface area contributed by atoms with E-state index in [0.717, 1.165) is 5.56 Å². The molecule has 3 nitrogen and oxygen atoms in total. The molecule has 0 aromatic heterocycles. The first-order chi connectivity index (χ1) is 7.89. The van der Waals surface area contributed by atoms with Crippen LogP contribution in [0.5, 0.6) is 0 Å². The summed E-state index contributed by atoms with van der Waals surface area (Å²) in [5.74, 6) is -1.04. The number of carboxylic acid groups (broad SMARTS) is 1. The minimum Gasteiger partial charge on any atom is -0.481 e.